The Labute approximate surface area is 105 Å². The predicted molar refractivity (Wildman–Crippen MR) is 57.3 cm³/mol. The zero-order valence-corrected chi connectivity index (χ0v) is 9.42. The fourth-order valence-corrected chi connectivity index (χ4v) is 1.25. The average molecular weight is 279 g/mol. The lowest BCUT2D eigenvalue weighted by Crippen LogP contribution is -2.16. The van der Waals surface area contributed by atoms with E-state index in [0.717, 1.165) is 18.2 Å². The molecule has 104 valence electrons. The van der Waals surface area contributed by atoms with E-state index in [1.807, 2.05) is 5.32 Å². The van der Waals surface area contributed by atoms with Crippen molar-refractivity contribution >= 4 is 17.6 Å². The van der Waals surface area contributed by atoms with Crippen LogP contribution in [0.25, 0.3) is 0 Å². The summed E-state index contributed by atoms with van der Waals surface area (Å²) in [6.45, 7) is 0. The number of anilines is 1. The molecule has 0 aliphatic carbocycles. The van der Waals surface area contributed by atoms with E-state index < -0.39 is 42.3 Å². The Morgan fingerprint density at radius 1 is 1.26 bits per heavy atom. The average Bonchev–Trinajstić information content (AvgIpc) is 2.25. The number of amides is 1. The Bertz CT molecular complexity index is 499. The fourth-order valence-electron chi connectivity index (χ4n) is 1.25. The quantitative estimate of drug-likeness (QED) is 0.833. The fraction of sp³-hybridized carbons (Fsp3) is 0.273. The maximum Gasteiger partial charge on any atom is 0.389 e. The van der Waals surface area contributed by atoms with E-state index in [-0.39, 0.29) is 5.69 Å². The van der Waals surface area contributed by atoms with Crippen LogP contribution >= 0.6 is 0 Å². The van der Waals surface area contributed by atoms with Crippen LogP contribution < -0.4 is 5.32 Å². The van der Waals surface area contributed by atoms with Crippen LogP contribution in [0.5, 0.6) is 0 Å². The highest BCUT2D eigenvalue weighted by Gasteiger charge is 2.27. The molecule has 0 heterocycles. The summed E-state index contributed by atoms with van der Waals surface area (Å²) < 4.78 is 48.8. The molecule has 0 fully saturated rings. The van der Waals surface area contributed by atoms with Crippen molar-refractivity contribution in [2.75, 3.05) is 5.32 Å². The Kier molecular flexibility index (Phi) is 4.47. The normalized spacial score (nSPS) is 11.2. The van der Waals surface area contributed by atoms with Gasteiger partial charge in [-0.1, -0.05) is 0 Å². The SMILES string of the molecule is O=C(CCC(F)(F)F)Nc1ccc(C(=O)O)c(F)c1. The first kappa shape index (κ1) is 14.9. The molecular weight excluding hydrogens is 270 g/mol. The van der Waals surface area contributed by atoms with Crippen LogP contribution in [0.1, 0.15) is 23.2 Å². The molecule has 0 aliphatic heterocycles. The lowest BCUT2D eigenvalue weighted by Gasteiger charge is -2.08. The van der Waals surface area contributed by atoms with Crippen LogP contribution in [-0.2, 0) is 4.79 Å². The first-order valence-corrected chi connectivity index (χ1v) is 5.08. The van der Waals surface area contributed by atoms with Gasteiger partial charge in [-0.2, -0.15) is 13.2 Å². The molecule has 1 amide bonds. The lowest BCUT2D eigenvalue weighted by molar-refractivity contribution is -0.142. The van der Waals surface area contributed by atoms with E-state index in [2.05, 4.69) is 0 Å². The molecule has 8 heteroatoms. The van der Waals surface area contributed by atoms with Gasteiger partial charge in [-0.15, -0.1) is 0 Å². The van der Waals surface area contributed by atoms with Gasteiger partial charge in [0.1, 0.15) is 5.82 Å². The van der Waals surface area contributed by atoms with Crippen LogP contribution in [0.2, 0.25) is 0 Å². The lowest BCUT2D eigenvalue weighted by atomic mass is 10.2. The van der Waals surface area contributed by atoms with Crippen molar-refractivity contribution in [3.8, 4) is 0 Å². The molecule has 0 bridgehead atoms. The highest BCUT2D eigenvalue weighted by molar-refractivity contribution is 5.92. The van der Waals surface area contributed by atoms with Gasteiger partial charge in [-0.3, -0.25) is 4.79 Å². The maximum absolute atomic E-state index is 13.2. The predicted octanol–water partition coefficient (Wildman–Crippen LogP) is 2.80. The topological polar surface area (TPSA) is 66.4 Å². The number of carboxylic acids is 1. The summed E-state index contributed by atoms with van der Waals surface area (Å²) in [6.07, 6.45) is -6.52. The van der Waals surface area contributed by atoms with E-state index in [0.29, 0.717) is 0 Å². The van der Waals surface area contributed by atoms with Gasteiger partial charge < -0.3 is 10.4 Å². The zero-order chi connectivity index (χ0) is 14.6. The molecule has 0 aromatic heterocycles. The van der Waals surface area contributed by atoms with Crippen molar-refractivity contribution in [2.45, 2.75) is 19.0 Å². The van der Waals surface area contributed by atoms with Gasteiger partial charge in [0.05, 0.1) is 12.0 Å². The molecule has 0 atom stereocenters. The van der Waals surface area contributed by atoms with Gasteiger partial charge >= 0.3 is 12.1 Å². The van der Waals surface area contributed by atoms with Crippen LogP contribution in [0.15, 0.2) is 18.2 Å². The Morgan fingerprint density at radius 2 is 1.89 bits per heavy atom. The van der Waals surface area contributed by atoms with Crippen molar-refractivity contribution in [1.29, 1.82) is 0 Å². The largest absolute Gasteiger partial charge is 0.478 e. The zero-order valence-electron chi connectivity index (χ0n) is 9.42. The standard InChI is InChI=1S/C11H9F4NO3/c12-8-5-6(1-2-7(8)10(18)19)16-9(17)3-4-11(13,14)15/h1-2,5H,3-4H2,(H,16,17)(H,18,19). The van der Waals surface area contributed by atoms with Crippen LogP contribution in [0.3, 0.4) is 0 Å². The second kappa shape index (κ2) is 5.68. The summed E-state index contributed by atoms with van der Waals surface area (Å²) in [4.78, 5) is 21.7. The second-order valence-electron chi connectivity index (χ2n) is 3.66. The van der Waals surface area contributed by atoms with E-state index in [1.165, 1.54) is 0 Å². The number of nitrogens with one attached hydrogen (secondary N) is 1. The van der Waals surface area contributed by atoms with Gasteiger partial charge in [0.2, 0.25) is 5.91 Å². The molecule has 0 aliphatic rings. The molecule has 4 nitrogen and oxygen atoms in total. The molecule has 0 unspecified atom stereocenters. The monoisotopic (exact) mass is 279 g/mol. The molecule has 1 aromatic carbocycles. The number of benzene rings is 1. The van der Waals surface area contributed by atoms with Crippen molar-refractivity contribution in [3.05, 3.63) is 29.6 Å². The molecule has 2 N–H and O–H groups in total. The van der Waals surface area contributed by atoms with Crippen molar-refractivity contribution in [1.82, 2.24) is 0 Å². The van der Waals surface area contributed by atoms with E-state index >= 15 is 0 Å². The van der Waals surface area contributed by atoms with Crippen molar-refractivity contribution in [3.63, 3.8) is 0 Å². The summed E-state index contributed by atoms with van der Waals surface area (Å²) in [6, 6.07) is 2.74. The van der Waals surface area contributed by atoms with Gasteiger partial charge in [-0.25, -0.2) is 9.18 Å². The second-order valence-corrected chi connectivity index (χ2v) is 3.66. The Hall–Kier alpha value is -2.12. The third kappa shape index (κ3) is 4.94. The molecule has 19 heavy (non-hydrogen) atoms. The van der Waals surface area contributed by atoms with E-state index in [9.17, 15) is 27.2 Å². The van der Waals surface area contributed by atoms with Crippen molar-refractivity contribution < 1.29 is 32.3 Å². The Balaban J connectivity index is 2.65. The number of carbonyl (C=O) groups excluding carboxylic acids is 1. The summed E-state index contributed by atoms with van der Waals surface area (Å²) in [5.74, 6) is -3.49. The summed E-state index contributed by atoms with van der Waals surface area (Å²) in [7, 11) is 0. The first-order chi connectivity index (χ1) is 8.69. The number of halogens is 4. The number of aromatic carboxylic acids is 1. The minimum atomic E-state index is -4.45. The summed E-state index contributed by atoms with van der Waals surface area (Å²) >= 11 is 0. The molecule has 0 saturated carbocycles. The summed E-state index contributed by atoms with van der Waals surface area (Å²) in [5.41, 5.74) is -0.692. The third-order valence-corrected chi connectivity index (χ3v) is 2.12. The number of rotatable bonds is 4. The van der Waals surface area contributed by atoms with Gasteiger partial charge in [0, 0.05) is 12.1 Å². The molecule has 0 saturated heterocycles. The molecule has 0 spiro atoms. The van der Waals surface area contributed by atoms with Crippen LogP contribution in [0, 0.1) is 5.82 Å². The Morgan fingerprint density at radius 3 is 2.37 bits per heavy atom. The van der Waals surface area contributed by atoms with Gasteiger partial charge in [-0.05, 0) is 18.2 Å². The minimum absolute atomic E-state index is 0.102. The highest BCUT2D eigenvalue weighted by Crippen LogP contribution is 2.22. The van der Waals surface area contributed by atoms with Crippen LogP contribution in [-0.4, -0.2) is 23.2 Å². The van der Waals surface area contributed by atoms with E-state index in [1.54, 1.807) is 0 Å². The molecule has 1 aromatic rings. The summed E-state index contributed by atoms with van der Waals surface area (Å²) in [5, 5.41) is 10.6. The third-order valence-electron chi connectivity index (χ3n) is 2.12. The number of carbonyl (C=O) groups is 2. The highest BCUT2D eigenvalue weighted by atomic mass is 19.4. The number of hydrogen-bond donors (Lipinski definition) is 2. The van der Waals surface area contributed by atoms with Gasteiger partial charge in [0.25, 0.3) is 0 Å². The molecular formula is C11H9F4NO3. The van der Waals surface area contributed by atoms with Crippen LogP contribution in [0.4, 0.5) is 23.2 Å². The smallest absolute Gasteiger partial charge is 0.389 e. The van der Waals surface area contributed by atoms with E-state index in [4.69, 9.17) is 5.11 Å². The minimum Gasteiger partial charge on any atom is -0.478 e. The number of hydrogen-bond acceptors (Lipinski definition) is 2. The maximum atomic E-state index is 13.2. The molecule has 0 radical (unpaired) electrons. The molecule has 1 rings (SSSR count). The first-order valence-electron chi connectivity index (χ1n) is 5.08. The van der Waals surface area contributed by atoms with Crippen molar-refractivity contribution in [2.24, 2.45) is 0 Å². The number of alkyl halides is 3. The van der Waals surface area contributed by atoms with Gasteiger partial charge in [0.15, 0.2) is 0 Å². The number of carboxylic acid groups (broad SMARTS) is 1.